The largest absolute Gasteiger partial charge is 0.369 e. The first-order valence-electron chi connectivity index (χ1n) is 5.39. The van der Waals surface area contributed by atoms with Crippen LogP contribution in [0.3, 0.4) is 0 Å². The third-order valence-electron chi connectivity index (χ3n) is 2.00. The van der Waals surface area contributed by atoms with Crippen LogP contribution in [-0.2, 0) is 16.6 Å². The normalized spacial score (nSPS) is 12.4. The molecule has 96 valence electrons. The summed E-state index contributed by atoms with van der Waals surface area (Å²) in [4.78, 5) is 11.5. The molecule has 0 aliphatic rings. The molecule has 1 rings (SSSR count). The Morgan fingerprint density at radius 3 is 3.00 bits per heavy atom. The van der Waals surface area contributed by atoms with E-state index in [1.165, 1.54) is 11.8 Å². The minimum atomic E-state index is -0.401. The van der Waals surface area contributed by atoms with Crippen molar-refractivity contribution in [3.05, 3.63) is 0 Å². The van der Waals surface area contributed by atoms with E-state index < -0.39 is 6.10 Å². The van der Waals surface area contributed by atoms with Crippen molar-refractivity contribution in [3.63, 3.8) is 0 Å². The Kier molecular flexibility index (Phi) is 5.92. The Morgan fingerprint density at radius 2 is 2.41 bits per heavy atom. The van der Waals surface area contributed by atoms with Gasteiger partial charge in [0.15, 0.2) is 0 Å². The van der Waals surface area contributed by atoms with E-state index in [0.29, 0.717) is 13.2 Å². The zero-order chi connectivity index (χ0) is 12.7. The van der Waals surface area contributed by atoms with Crippen LogP contribution in [0.1, 0.15) is 13.8 Å². The predicted molar refractivity (Wildman–Crippen MR) is 63.6 cm³/mol. The quantitative estimate of drug-likeness (QED) is 0.541. The SMILES string of the molecule is CCO[C@@H](C)C(=O)NCCSc1nnnn1C. The minimum absolute atomic E-state index is 0.0939. The van der Waals surface area contributed by atoms with Gasteiger partial charge in [-0.05, 0) is 24.3 Å². The molecule has 1 atom stereocenters. The van der Waals surface area contributed by atoms with Gasteiger partial charge in [0.05, 0.1) is 0 Å². The van der Waals surface area contributed by atoms with E-state index in [9.17, 15) is 4.79 Å². The molecule has 1 aromatic rings. The number of aryl methyl sites for hydroxylation is 1. The number of carbonyl (C=O) groups excluding carboxylic acids is 1. The first kappa shape index (κ1) is 13.9. The van der Waals surface area contributed by atoms with Gasteiger partial charge < -0.3 is 10.1 Å². The summed E-state index contributed by atoms with van der Waals surface area (Å²) in [6, 6.07) is 0. The summed E-state index contributed by atoms with van der Waals surface area (Å²) in [7, 11) is 1.78. The molecule has 0 spiro atoms. The van der Waals surface area contributed by atoms with Crippen LogP contribution >= 0.6 is 11.8 Å². The number of carbonyl (C=O) groups is 1. The maximum absolute atomic E-state index is 11.5. The van der Waals surface area contributed by atoms with Gasteiger partial charge in [-0.25, -0.2) is 4.68 Å². The van der Waals surface area contributed by atoms with Gasteiger partial charge in [0.25, 0.3) is 0 Å². The fourth-order valence-corrected chi connectivity index (χ4v) is 1.83. The van der Waals surface area contributed by atoms with Crippen LogP contribution in [0, 0.1) is 0 Å². The molecule has 1 heterocycles. The van der Waals surface area contributed by atoms with Crippen molar-refractivity contribution in [3.8, 4) is 0 Å². The number of aromatic nitrogens is 4. The summed E-state index contributed by atoms with van der Waals surface area (Å²) in [6.45, 7) is 4.70. The van der Waals surface area contributed by atoms with Gasteiger partial charge in [-0.15, -0.1) is 5.10 Å². The molecule has 0 unspecified atom stereocenters. The van der Waals surface area contributed by atoms with Crippen LogP contribution in [-0.4, -0.2) is 51.1 Å². The number of hydrogen-bond acceptors (Lipinski definition) is 6. The average Bonchev–Trinajstić information content (AvgIpc) is 2.70. The van der Waals surface area contributed by atoms with Crippen LogP contribution in [0.4, 0.5) is 0 Å². The van der Waals surface area contributed by atoms with Crippen molar-refractivity contribution in [2.45, 2.75) is 25.1 Å². The van der Waals surface area contributed by atoms with Gasteiger partial charge >= 0.3 is 0 Å². The number of tetrazole rings is 1. The molecule has 0 saturated carbocycles. The van der Waals surface area contributed by atoms with Crippen molar-refractivity contribution in [2.24, 2.45) is 7.05 Å². The molecular formula is C9H17N5O2S. The van der Waals surface area contributed by atoms with E-state index in [0.717, 1.165) is 10.9 Å². The molecule has 0 fully saturated rings. The lowest BCUT2D eigenvalue weighted by molar-refractivity contribution is -0.131. The highest BCUT2D eigenvalue weighted by molar-refractivity contribution is 7.99. The maximum atomic E-state index is 11.5. The first-order chi connectivity index (χ1) is 8.15. The zero-order valence-corrected chi connectivity index (χ0v) is 11.0. The third kappa shape index (κ3) is 4.70. The van der Waals surface area contributed by atoms with Gasteiger partial charge in [0.1, 0.15) is 6.10 Å². The Bertz CT molecular complexity index is 357. The highest BCUT2D eigenvalue weighted by Gasteiger charge is 2.11. The second-order valence-electron chi connectivity index (χ2n) is 3.32. The van der Waals surface area contributed by atoms with Crippen LogP contribution in [0.2, 0.25) is 0 Å². The standard InChI is InChI=1S/C9H17N5O2S/c1-4-16-7(2)8(15)10-5-6-17-9-11-12-13-14(9)3/h7H,4-6H2,1-3H3,(H,10,15)/t7-/m0/s1. The fourth-order valence-electron chi connectivity index (χ4n) is 1.13. The Morgan fingerprint density at radius 1 is 1.65 bits per heavy atom. The number of rotatable bonds is 7. The molecule has 17 heavy (non-hydrogen) atoms. The third-order valence-corrected chi connectivity index (χ3v) is 3.01. The Balaban J connectivity index is 2.16. The van der Waals surface area contributed by atoms with Crippen LogP contribution in [0.15, 0.2) is 5.16 Å². The number of thioether (sulfide) groups is 1. The van der Waals surface area contributed by atoms with Crippen LogP contribution in [0.25, 0.3) is 0 Å². The number of nitrogens with one attached hydrogen (secondary N) is 1. The molecule has 0 aliphatic carbocycles. The van der Waals surface area contributed by atoms with E-state index >= 15 is 0 Å². The van der Waals surface area contributed by atoms with Crippen molar-refractivity contribution in [1.29, 1.82) is 0 Å². The van der Waals surface area contributed by atoms with Crippen LogP contribution in [0.5, 0.6) is 0 Å². The van der Waals surface area contributed by atoms with E-state index in [4.69, 9.17) is 4.74 Å². The zero-order valence-electron chi connectivity index (χ0n) is 10.2. The van der Waals surface area contributed by atoms with E-state index in [1.54, 1.807) is 18.7 Å². The number of hydrogen-bond donors (Lipinski definition) is 1. The van der Waals surface area contributed by atoms with Crippen molar-refractivity contribution in [2.75, 3.05) is 18.9 Å². The highest BCUT2D eigenvalue weighted by atomic mass is 32.2. The van der Waals surface area contributed by atoms with Crippen molar-refractivity contribution in [1.82, 2.24) is 25.5 Å². The fraction of sp³-hybridized carbons (Fsp3) is 0.778. The van der Waals surface area contributed by atoms with E-state index in [2.05, 4.69) is 20.8 Å². The summed E-state index contributed by atoms with van der Waals surface area (Å²) in [5.74, 6) is 0.627. The molecule has 0 aliphatic heterocycles. The molecule has 8 heteroatoms. The van der Waals surface area contributed by atoms with Gasteiger partial charge in [-0.3, -0.25) is 4.79 Å². The smallest absolute Gasteiger partial charge is 0.248 e. The summed E-state index contributed by atoms with van der Waals surface area (Å²) < 4.78 is 6.76. The molecule has 1 amide bonds. The summed E-state index contributed by atoms with van der Waals surface area (Å²) in [5, 5.41) is 14.6. The van der Waals surface area contributed by atoms with E-state index in [1.807, 2.05) is 6.92 Å². The van der Waals surface area contributed by atoms with E-state index in [-0.39, 0.29) is 5.91 Å². The first-order valence-corrected chi connectivity index (χ1v) is 6.38. The molecule has 0 radical (unpaired) electrons. The molecule has 7 nitrogen and oxygen atoms in total. The Labute approximate surface area is 104 Å². The molecule has 0 aromatic carbocycles. The summed E-state index contributed by atoms with van der Waals surface area (Å²) in [6.07, 6.45) is -0.401. The number of nitrogens with zero attached hydrogens (tertiary/aromatic N) is 4. The molecule has 1 N–H and O–H groups in total. The van der Waals surface area contributed by atoms with Gasteiger partial charge in [-0.1, -0.05) is 11.8 Å². The lowest BCUT2D eigenvalue weighted by Gasteiger charge is -2.11. The second-order valence-corrected chi connectivity index (χ2v) is 4.38. The molecular weight excluding hydrogens is 242 g/mol. The molecule has 0 saturated heterocycles. The summed E-state index contributed by atoms with van der Waals surface area (Å²) in [5.41, 5.74) is 0. The van der Waals surface area contributed by atoms with Gasteiger partial charge in [0.2, 0.25) is 11.1 Å². The maximum Gasteiger partial charge on any atom is 0.248 e. The lowest BCUT2D eigenvalue weighted by Crippen LogP contribution is -2.35. The lowest BCUT2D eigenvalue weighted by atomic mass is 10.4. The monoisotopic (exact) mass is 259 g/mol. The molecule has 0 bridgehead atoms. The topological polar surface area (TPSA) is 81.9 Å². The second kappa shape index (κ2) is 7.23. The Hall–Kier alpha value is -1.15. The summed E-state index contributed by atoms with van der Waals surface area (Å²) >= 11 is 1.49. The minimum Gasteiger partial charge on any atom is -0.369 e. The van der Waals surface area contributed by atoms with Gasteiger partial charge in [0, 0.05) is 26.0 Å². The van der Waals surface area contributed by atoms with Crippen molar-refractivity contribution >= 4 is 17.7 Å². The number of amides is 1. The van der Waals surface area contributed by atoms with Crippen molar-refractivity contribution < 1.29 is 9.53 Å². The molecule has 1 aromatic heterocycles. The predicted octanol–water partition coefficient (Wildman–Crippen LogP) is -0.157. The van der Waals surface area contributed by atoms with Gasteiger partial charge in [-0.2, -0.15) is 0 Å². The van der Waals surface area contributed by atoms with Crippen LogP contribution < -0.4 is 5.32 Å². The number of ether oxygens (including phenoxy) is 1. The average molecular weight is 259 g/mol. The highest BCUT2D eigenvalue weighted by Crippen LogP contribution is 2.10.